The largest absolute Gasteiger partial charge is 0.519 e. The highest BCUT2D eigenvalue weighted by Crippen LogP contribution is 2.39. The van der Waals surface area contributed by atoms with Crippen molar-refractivity contribution >= 4 is 6.16 Å². The molecule has 3 nitrogen and oxygen atoms in total. The molecule has 0 spiro atoms. The van der Waals surface area contributed by atoms with E-state index in [0.29, 0.717) is 11.5 Å². The summed E-state index contributed by atoms with van der Waals surface area (Å²) in [5, 5.41) is 0. The summed E-state index contributed by atoms with van der Waals surface area (Å²) in [6.45, 7) is 0. The fourth-order valence-corrected chi connectivity index (χ4v) is 3.99. The summed E-state index contributed by atoms with van der Waals surface area (Å²) in [4.78, 5) is 13.0. The number of carbonyl (C=O) groups is 1. The second-order valence-corrected chi connectivity index (χ2v) is 7.73. The fourth-order valence-electron chi connectivity index (χ4n) is 3.99. The molecule has 34 heavy (non-hydrogen) atoms. The van der Waals surface area contributed by atoms with Gasteiger partial charge < -0.3 is 9.47 Å². The molecule has 0 heterocycles. The van der Waals surface area contributed by atoms with E-state index in [1.54, 1.807) is 12.1 Å². The van der Waals surface area contributed by atoms with Gasteiger partial charge in [-0.25, -0.2) is 4.79 Å². The molecule has 164 valence electrons. The molecule has 3 heteroatoms. The molecule has 0 radical (unpaired) electrons. The predicted octanol–water partition coefficient (Wildman–Crippen LogP) is 8.27. The van der Waals surface area contributed by atoms with Gasteiger partial charge in [-0.1, -0.05) is 121 Å². The van der Waals surface area contributed by atoms with Gasteiger partial charge in [0, 0.05) is 11.1 Å². The van der Waals surface area contributed by atoms with E-state index in [9.17, 15) is 4.79 Å². The van der Waals surface area contributed by atoms with E-state index in [-0.39, 0.29) is 0 Å². The van der Waals surface area contributed by atoms with Crippen molar-refractivity contribution in [3.05, 3.63) is 133 Å². The van der Waals surface area contributed by atoms with Crippen LogP contribution in [-0.4, -0.2) is 6.16 Å². The zero-order valence-electron chi connectivity index (χ0n) is 18.4. The molecule has 0 aliphatic carbocycles. The molecular weight excluding hydrogens is 420 g/mol. The average Bonchev–Trinajstić information content (AvgIpc) is 2.90. The Morgan fingerprint density at radius 2 is 0.853 bits per heavy atom. The van der Waals surface area contributed by atoms with E-state index in [1.807, 2.05) is 121 Å². The molecule has 5 aromatic carbocycles. The van der Waals surface area contributed by atoms with Gasteiger partial charge in [0.15, 0.2) is 0 Å². The highest BCUT2D eigenvalue weighted by atomic mass is 16.7. The van der Waals surface area contributed by atoms with Gasteiger partial charge >= 0.3 is 6.16 Å². The SMILES string of the molecule is O=C(Oc1ccccc1-c1ccccc1)Oc1cccc(-c2ccccc2)c1-c1ccccc1. The molecule has 0 saturated heterocycles. The van der Waals surface area contributed by atoms with Crippen LogP contribution in [0.15, 0.2) is 133 Å². The Labute approximate surface area is 198 Å². The third kappa shape index (κ3) is 4.59. The first kappa shape index (κ1) is 21.2. The number of ether oxygens (including phenoxy) is 2. The summed E-state index contributed by atoms with van der Waals surface area (Å²) in [5.74, 6) is 0.883. The molecule has 0 unspecified atom stereocenters. The lowest BCUT2D eigenvalue weighted by atomic mass is 9.94. The zero-order chi connectivity index (χ0) is 23.2. The normalized spacial score (nSPS) is 10.5. The van der Waals surface area contributed by atoms with Gasteiger partial charge in [-0.05, 0) is 34.4 Å². The number of hydrogen-bond donors (Lipinski definition) is 0. The van der Waals surface area contributed by atoms with Crippen LogP contribution >= 0.6 is 0 Å². The van der Waals surface area contributed by atoms with Crippen molar-refractivity contribution in [2.75, 3.05) is 0 Å². The zero-order valence-corrected chi connectivity index (χ0v) is 18.4. The highest BCUT2D eigenvalue weighted by molar-refractivity contribution is 5.89. The predicted molar refractivity (Wildman–Crippen MR) is 136 cm³/mol. The third-order valence-corrected chi connectivity index (χ3v) is 5.53. The Hall–Kier alpha value is -4.63. The van der Waals surface area contributed by atoms with Gasteiger partial charge in [-0.15, -0.1) is 0 Å². The first-order chi connectivity index (χ1) is 16.8. The van der Waals surface area contributed by atoms with Gasteiger partial charge in [-0.3, -0.25) is 0 Å². The topological polar surface area (TPSA) is 35.5 Å². The molecule has 0 aliphatic rings. The van der Waals surface area contributed by atoms with Crippen LogP contribution < -0.4 is 9.47 Å². The Balaban J connectivity index is 1.50. The molecule has 0 aromatic heterocycles. The summed E-state index contributed by atoms with van der Waals surface area (Å²) >= 11 is 0. The summed E-state index contributed by atoms with van der Waals surface area (Å²) in [6, 6.07) is 42.9. The number of rotatable bonds is 5. The number of para-hydroxylation sites is 1. The molecule has 0 saturated carbocycles. The van der Waals surface area contributed by atoms with Crippen LogP contribution in [0.4, 0.5) is 4.79 Å². The second-order valence-electron chi connectivity index (χ2n) is 7.73. The third-order valence-electron chi connectivity index (χ3n) is 5.53. The summed E-state index contributed by atoms with van der Waals surface area (Å²) < 4.78 is 11.5. The van der Waals surface area contributed by atoms with E-state index < -0.39 is 6.16 Å². The smallest absolute Gasteiger partial charge is 0.394 e. The lowest BCUT2D eigenvalue weighted by Gasteiger charge is -2.16. The quantitative estimate of drug-likeness (QED) is 0.203. The van der Waals surface area contributed by atoms with Gasteiger partial charge in [0.25, 0.3) is 0 Å². The Kier molecular flexibility index (Phi) is 6.17. The molecule has 5 rings (SSSR count). The van der Waals surface area contributed by atoms with E-state index in [2.05, 4.69) is 0 Å². The first-order valence-corrected chi connectivity index (χ1v) is 11.1. The maximum Gasteiger partial charge on any atom is 0.519 e. The van der Waals surface area contributed by atoms with Crippen molar-refractivity contribution in [3.63, 3.8) is 0 Å². The van der Waals surface area contributed by atoms with Crippen molar-refractivity contribution < 1.29 is 14.3 Å². The number of hydrogen-bond acceptors (Lipinski definition) is 3. The van der Waals surface area contributed by atoms with Crippen LogP contribution in [0.3, 0.4) is 0 Å². The highest BCUT2D eigenvalue weighted by Gasteiger charge is 2.18. The van der Waals surface area contributed by atoms with Gasteiger partial charge in [0.2, 0.25) is 0 Å². The minimum absolute atomic E-state index is 0.440. The monoisotopic (exact) mass is 442 g/mol. The van der Waals surface area contributed by atoms with E-state index in [0.717, 1.165) is 33.4 Å². The second kappa shape index (κ2) is 9.88. The summed E-state index contributed by atoms with van der Waals surface area (Å²) in [7, 11) is 0. The van der Waals surface area contributed by atoms with Crippen LogP contribution in [-0.2, 0) is 0 Å². The standard InChI is InChI=1S/C31H22O3/c32-31(33-28-21-11-10-19-26(28)23-13-4-1-5-14-23)34-29-22-12-20-27(24-15-6-2-7-16-24)30(29)25-17-8-3-9-18-25/h1-22H. The lowest BCUT2D eigenvalue weighted by Crippen LogP contribution is -2.15. The minimum Gasteiger partial charge on any atom is -0.394 e. The lowest BCUT2D eigenvalue weighted by molar-refractivity contribution is 0.152. The maximum atomic E-state index is 13.0. The van der Waals surface area contributed by atoms with E-state index in [4.69, 9.17) is 9.47 Å². The Morgan fingerprint density at radius 3 is 1.50 bits per heavy atom. The van der Waals surface area contributed by atoms with Crippen LogP contribution in [0.5, 0.6) is 11.5 Å². The van der Waals surface area contributed by atoms with Crippen LogP contribution in [0.25, 0.3) is 33.4 Å². The van der Waals surface area contributed by atoms with E-state index >= 15 is 0 Å². The molecule has 0 amide bonds. The van der Waals surface area contributed by atoms with Crippen molar-refractivity contribution in [2.24, 2.45) is 0 Å². The van der Waals surface area contributed by atoms with Gasteiger partial charge in [0.1, 0.15) is 11.5 Å². The Bertz CT molecular complexity index is 1400. The fraction of sp³-hybridized carbons (Fsp3) is 0. The van der Waals surface area contributed by atoms with E-state index in [1.165, 1.54) is 0 Å². The minimum atomic E-state index is -0.786. The van der Waals surface area contributed by atoms with Crippen LogP contribution in [0, 0.1) is 0 Å². The molecule has 5 aromatic rings. The van der Waals surface area contributed by atoms with Crippen molar-refractivity contribution in [3.8, 4) is 44.9 Å². The average molecular weight is 443 g/mol. The Morgan fingerprint density at radius 1 is 0.412 bits per heavy atom. The molecule has 0 N–H and O–H groups in total. The first-order valence-electron chi connectivity index (χ1n) is 11.1. The maximum absolute atomic E-state index is 13.0. The number of benzene rings is 5. The van der Waals surface area contributed by atoms with Crippen molar-refractivity contribution in [1.29, 1.82) is 0 Å². The van der Waals surface area contributed by atoms with Gasteiger partial charge in [0.05, 0.1) is 0 Å². The van der Waals surface area contributed by atoms with Gasteiger partial charge in [-0.2, -0.15) is 0 Å². The molecule has 0 atom stereocenters. The number of carbonyl (C=O) groups excluding carboxylic acids is 1. The van der Waals surface area contributed by atoms with Crippen LogP contribution in [0.2, 0.25) is 0 Å². The molecule has 0 fully saturated rings. The molecule has 0 aliphatic heterocycles. The molecular formula is C31H22O3. The van der Waals surface area contributed by atoms with Crippen LogP contribution in [0.1, 0.15) is 0 Å². The van der Waals surface area contributed by atoms with Crippen molar-refractivity contribution in [1.82, 2.24) is 0 Å². The summed E-state index contributed by atoms with van der Waals surface area (Å²) in [5.41, 5.74) is 5.58. The van der Waals surface area contributed by atoms with Crippen molar-refractivity contribution in [2.45, 2.75) is 0 Å². The summed E-state index contributed by atoms with van der Waals surface area (Å²) in [6.07, 6.45) is -0.786. The molecule has 0 bridgehead atoms.